The van der Waals surface area contributed by atoms with Gasteiger partial charge in [-0.15, -0.1) is 0 Å². The summed E-state index contributed by atoms with van der Waals surface area (Å²) in [7, 11) is 3.22. The van der Waals surface area contributed by atoms with Gasteiger partial charge in [0.2, 0.25) is 5.96 Å². The molecule has 1 aromatic rings. The van der Waals surface area contributed by atoms with Crippen molar-refractivity contribution in [2.24, 2.45) is 4.99 Å². The molecule has 6 heteroatoms. The van der Waals surface area contributed by atoms with E-state index >= 15 is 0 Å². The molecule has 1 aliphatic rings. The summed E-state index contributed by atoms with van der Waals surface area (Å²) in [6.45, 7) is 3.18. The smallest absolute Gasteiger partial charge is 0.413 e. The molecular weight excluding hydrogens is 258 g/mol. The van der Waals surface area contributed by atoms with Gasteiger partial charge in [0.05, 0.1) is 26.3 Å². The number of hydrogen-bond acceptors (Lipinski definition) is 5. The molecule has 1 atom stereocenters. The van der Waals surface area contributed by atoms with E-state index in [1.54, 1.807) is 0 Å². The Kier molecular flexibility index (Phi) is 4.45. The zero-order valence-corrected chi connectivity index (χ0v) is 11.9. The summed E-state index contributed by atoms with van der Waals surface area (Å²) in [5.41, 5.74) is 1.10. The molecule has 1 aliphatic heterocycles. The van der Waals surface area contributed by atoms with E-state index < -0.39 is 6.09 Å². The number of benzene rings is 1. The van der Waals surface area contributed by atoms with Crippen LogP contribution in [0.3, 0.4) is 0 Å². The lowest BCUT2D eigenvalue weighted by atomic mass is 10.1. The van der Waals surface area contributed by atoms with Crippen molar-refractivity contribution in [1.29, 1.82) is 0 Å². The Hall–Kier alpha value is -2.24. The van der Waals surface area contributed by atoms with Crippen molar-refractivity contribution < 1.29 is 14.3 Å². The van der Waals surface area contributed by atoms with Crippen molar-refractivity contribution in [3.8, 4) is 5.75 Å². The lowest BCUT2D eigenvalue weighted by molar-refractivity contribution is 0.175. The van der Waals surface area contributed by atoms with E-state index in [1.807, 2.05) is 43.1 Å². The minimum atomic E-state index is -0.515. The Balaban J connectivity index is 2.08. The largest absolute Gasteiger partial charge is 0.494 e. The standard InChI is InChI=1S/C14H19N3O3/c1-4-20-11-7-5-6-10(8-11)12-9-15-13(17(12)2)16-14(18)19-3/h5-8,12H,4,9H2,1-3H3,(H,15,16,18). The molecule has 0 fully saturated rings. The van der Waals surface area contributed by atoms with Gasteiger partial charge >= 0.3 is 6.09 Å². The Labute approximate surface area is 118 Å². The van der Waals surface area contributed by atoms with Gasteiger partial charge in [0.15, 0.2) is 0 Å². The van der Waals surface area contributed by atoms with Crippen molar-refractivity contribution in [2.75, 3.05) is 27.3 Å². The van der Waals surface area contributed by atoms with Gasteiger partial charge in [0.1, 0.15) is 5.75 Å². The molecule has 108 valence electrons. The number of aliphatic imine (C=N–C) groups is 1. The van der Waals surface area contributed by atoms with E-state index in [2.05, 4.69) is 15.0 Å². The van der Waals surface area contributed by atoms with Crippen LogP contribution in [0.4, 0.5) is 4.79 Å². The number of likely N-dealkylation sites (N-methyl/N-ethyl adjacent to an activating group) is 1. The van der Waals surface area contributed by atoms with Crippen LogP contribution in [-0.2, 0) is 4.74 Å². The highest BCUT2D eigenvalue weighted by Crippen LogP contribution is 2.27. The topological polar surface area (TPSA) is 63.2 Å². The fourth-order valence-electron chi connectivity index (χ4n) is 2.13. The van der Waals surface area contributed by atoms with Crippen LogP contribution in [0, 0.1) is 0 Å². The van der Waals surface area contributed by atoms with Gasteiger partial charge in [-0.1, -0.05) is 12.1 Å². The fourth-order valence-corrected chi connectivity index (χ4v) is 2.13. The maximum atomic E-state index is 11.2. The lowest BCUT2D eigenvalue weighted by Gasteiger charge is -2.23. The second-order valence-electron chi connectivity index (χ2n) is 4.41. The van der Waals surface area contributed by atoms with E-state index in [1.165, 1.54) is 7.11 Å². The summed E-state index contributed by atoms with van der Waals surface area (Å²) in [6, 6.07) is 8.00. The van der Waals surface area contributed by atoms with Gasteiger partial charge in [0.25, 0.3) is 0 Å². The second kappa shape index (κ2) is 6.27. The predicted molar refractivity (Wildman–Crippen MR) is 76.0 cm³/mol. The molecule has 0 saturated heterocycles. The highest BCUT2D eigenvalue weighted by atomic mass is 16.5. The molecule has 1 unspecified atom stereocenters. The van der Waals surface area contributed by atoms with Crippen LogP contribution in [0.5, 0.6) is 5.75 Å². The zero-order valence-electron chi connectivity index (χ0n) is 11.9. The average Bonchev–Trinajstić information content (AvgIpc) is 2.81. The third-order valence-electron chi connectivity index (χ3n) is 3.17. The van der Waals surface area contributed by atoms with E-state index in [-0.39, 0.29) is 6.04 Å². The molecule has 1 aromatic carbocycles. The van der Waals surface area contributed by atoms with Crippen molar-refractivity contribution in [2.45, 2.75) is 13.0 Å². The Morgan fingerprint density at radius 1 is 1.55 bits per heavy atom. The maximum Gasteiger partial charge on any atom is 0.413 e. The van der Waals surface area contributed by atoms with E-state index in [4.69, 9.17) is 4.74 Å². The van der Waals surface area contributed by atoms with Crippen LogP contribution in [0.25, 0.3) is 0 Å². The highest BCUT2D eigenvalue weighted by Gasteiger charge is 2.27. The normalized spacial score (nSPS) is 17.6. The summed E-state index contributed by atoms with van der Waals surface area (Å²) >= 11 is 0. The van der Waals surface area contributed by atoms with E-state index in [9.17, 15) is 4.79 Å². The molecule has 0 aromatic heterocycles. The van der Waals surface area contributed by atoms with Crippen molar-refractivity contribution in [3.63, 3.8) is 0 Å². The van der Waals surface area contributed by atoms with Crippen molar-refractivity contribution in [1.82, 2.24) is 10.2 Å². The predicted octanol–water partition coefficient (Wildman–Crippen LogP) is 1.78. The number of carbonyl (C=O) groups excluding carboxylic acids is 1. The first-order chi connectivity index (χ1) is 9.65. The Morgan fingerprint density at radius 3 is 3.05 bits per heavy atom. The van der Waals surface area contributed by atoms with E-state index in [0.717, 1.165) is 11.3 Å². The number of nitrogens with one attached hydrogen (secondary N) is 1. The first-order valence-electron chi connectivity index (χ1n) is 6.50. The fraction of sp³-hybridized carbons (Fsp3) is 0.429. The van der Waals surface area contributed by atoms with Crippen LogP contribution in [0.2, 0.25) is 0 Å². The zero-order chi connectivity index (χ0) is 14.5. The molecule has 6 nitrogen and oxygen atoms in total. The average molecular weight is 277 g/mol. The first kappa shape index (κ1) is 14.2. The van der Waals surface area contributed by atoms with Crippen molar-refractivity contribution in [3.05, 3.63) is 29.8 Å². The number of alkyl carbamates (subject to hydrolysis) is 1. The quantitative estimate of drug-likeness (QED) is 0.914. The van der Waals surface area contributed by atoms with Gasteiger partial charge < -0.3 is 14.4 Å². The molecule has 0 saturated carbocycles. The Morgan fingerprint density at radius 2 is 2.35 bits per heavy atom. The van der Waals surface area contributed by atoms with Gasteiger partial charge in [-0.3, -0.25) is 10.3 Å². The third kappa shape index (κ3) is 3.01. The highest BCUT2D eigenvalue weighted by molar-refractivity contribution is 5.94. The number of carbonyl (C=O) groups is 1. The maximum absolute atomic E-state index is 11.2. The summed E-state index contributed by atoms with van der Waals surface area (Å²) in [6.07, 6.45) is -0.515. The number of rotatable bonds is 3. The van der Waals surface area contributed by atoms with Crippen molar-refractivity contribution >= 4 is 12.1 Å². The molecule has 2 rings (SSSR count). The number of ether oxygens (including phenoxy) is 2. The molecule has 1 N–H and O–H groups in total. The minimum absolute atomic E-state index is 0.0857. The number of hydrogen-bond donors (Lipinski definition) is 1. The molecule has 1 heterocycles. The van der Waals surface area contributed by atoms with Gasteiger partial charge in [-0.2, -0.15) is 0 Å². The molecule has 0 aliphatic carbocycles. The number of amides is 1. The van der Waals surface area contributed by atoms with Crippen LogP contribution in [-0.4, -0.2) is 44.3 Å². The number of methoxy groups -OCH3 is 1. The molecule has 0 radical (unpaired) electrons. The summed E-state index contributed by atoms with van der Waals surface area (Å²) in [4.78, 5) is 17.5. The third-order valence-corrected chi connectivity index (χ3v) is 3.17. The summed E-state index contributed by atoms with van der Waals surface area (Å²) in [5.74, 6) is 1.36. The molecule has 20 heavy (non-hydrogen) atoms. The summed E-state index contributed by atoms with van der Waals surface area (Å²) in [5, 5.41) is 2.60. The molecule has 0 bridgehead atoms. The van der Waals surface area contributed by atoms with Crippen LogP contribution in [0.15, 0.2) is 29.3 Å². The van der Waals surface area contributed by atoms with Gasteiger partial charge in [-0.25, -0.2) is 4.79 Å². The first-order valence-corrected chi connectivity index (χ1v) is 6.50. The monoisotopic (exact) mass is 277 g/mol. The van der Waals surface area contributed by atoms with Gasteiger partial charge in [0, 0.05) is 7.05 Å². The lowest BCUT2D eigenvalue weighted by Crippen LogP contribution is -2.40. The number of nitrogens with zero attached hydrogens (tertiary/aromatic N) is 2. The van der Waals surface area contributed by atoms with E-state index in [0.29, 0.717) is 19.1 Å². The van der Waals surface area contributed by atoms with Crippen LogP contribution in [0.1, 0.15) is 18.5 Å². The number of guanidine groups is 1. The summed E-state index contributed by atoms with van der Waals surface area (Å²) < 4.78 is 10.1. The SMILES string of the molecule is CCOc1cccc(C2CN=C(NC(=O)OC)N2C)c1. The molecule has 1 amide bonds. The van der Waals surface area contributed by atoms with Crippen LogP contribution < -0.4 is 10.1 Å². The van der Waals surface area contributed by atoms with Crippen LogP contribution >= 0.6 is 0 Å². The molecular formula is C14H19N3O3. The second-order valence-corrected chi connectivity index (χ2v) is 4.41. The Bertz CT molecular complexity index is 516. The molecule has 0 spiro atoms. The minimum Gasteiger partial charge on any atom is -0.494 e. The van der Waals surface area contributed by atoms with Gasteiger partial charge in [-0.05, 0) is 24.6 Å².